The van der Waals surface area contributed by atoms with E-state index in [0.717, 1.165) is 25.7 Å². The molecule has 0 saturated carbocycles. The van der Waals surface area contributed by atoms with Gasteiger partial charge in [0.2, 0.25) is 0 Å². The van der Waals surface area contributed by atoms with Crippen LogP contribution in [0.25, 0.3) is 0 Å². The number of hydrogen-bond acceptors (Lipinski definition) is 2. The number of rotatable bonds is 7. The molecular formula is C15H21FO2. The first kappa shape index (κ1) is 14.7. The van der Waals surface area contributed by atoms with E-state index in [2.05, 4.69) is 13.8 Å². The van der Waals surface area contributed by atoms with Crippen LogP contribution in [0, 0.1) is 11.7 Å². The first-order valence-electron chi connectivity index (χ1n) is 6.60. The van der Waals surface area contributed by atoms with Gasteiger partial charge < -0.3 is 4.74 Å². The Kier molecular flexibility index (Phi) is 6.40. The van der Waals surface area contributed by atoms with Crippen LogP contribution < -0.4 is 0 Å². The third-order valence-electron chi connectivity index (χ3n) is 3.05. The summed E-state index contributed by atoms with van der Waals surface area (Å²) in [5, 5.41) is 0. The Morgan fingerprint density at radius 3 is 2.78 bits per heavy atom. The zero-order valence-electron chi connectivity index (χ0n) is 11.1. The Labute approximate surface area is 108 Å². The number of esters is 1. The van der Waals surface area contributed by atoms with Crippen LogP contribution in [0.3, 0.4) is 0 Å². The largest absolute Gasteiger partial charge is 0.462 e. The minimum absolute atomic E-state index is 0.278. The maximum absolute atomic E-state index is 13.0. The SMILES string of the molecule is CCCCC(CC)COC(=O)c1cccc(F)c1. The van der Waals surface area contributed by atoms with Crippen molar-refractivity contribution in [3.63, 3.8) is 0 Å². The third-order valence-corrected chi connectivity index (χ3v) is 3.05. The van der Waals surface area contributed by atoms with E-state index >= 15 is 0 Å². The van der Waals surface area contributed by atoms with Crippen molar-refractivity contribution in [1.29, 1.82) is 0 Å². The van der Waals surface area contributed by atoms with Crippen LogP contribution in [0.4, 0.5) is 4.39 Å². The van der Waals surface area contributed by atoms with Gasteiger partial charge in [-0.25, -0.2) is 9.18 Å². The van der Waals surface area contributed by atoms with Crippen LogP contribution in [0.1, 0.15) is 49.9 Å². The Bertz CT molecular complexity index is 377. The molecule has 1 aromatic rings. The molecule has 1 atom stereocenters. The number of hydrogen-bond donors (Lipinski definition) is 0. The summed E-state index contributed by atoms with van der Waals surface area (Å²) in [6, 6.07) is 5.60. The Balaban J connectivity index is 2.44. The summed E-state index contributed by atoms with van der Waals surface area (Å²) in [5.41, 5.74) is 0.278. The number of unbranched alkanes of at least 4 members (excludes halogenated alkanes) is 1. The molecule has 1 rings (SSSR count). The van der Waals surface area contributed by atoms with Crippen molar-refractivity contribution in [3.8, 4) is 0 Å². The highest BCUT2D eigenvalue weighted by Crippen LogP contribution is 2.14. The Morgan fingerprint density at radius 2 is 2.17 bits per heavy atom. The lowest BCUT2D eigenvalue weighted by molar-refractivity contribution is 0.0427. The van der Waals surface area contributed by atoms with Gasteiger partial charge >= 0.3 is 5.97 Å². The maximum Gasteiger partial charge on any atom is 0.338 e. The Morgan fingerprint density at radius 1 is 1.39 bits per heavy atom. The number of benzene rings is 1. The first-order valence-corrected chi connectivity index (χ1v) is 6.60. The normalized spacial score (nSPS) is 12.2. The quantitative estimate of drug-likeness (QED) is 0.680. The van der Waals surface area contributed by atoms with Crippen LogP contribution in [-0.2, 0) is 4.74 Å². The molecule has 3 heteroatoms. The summed E-state index contributed by atoms with van der Waals surface area (Å²) < 4.78 is 18.2. The number of carbonyl (C=O) groups is 1. The number of ether oxygens (including phenoxy) is 1. The molecule has 0 spiro atoms. The second-order valence-electron chi connectivity index (χ2n) is 4.53. The smallest absolute Gasteiger partial charge is 0.338 e. The molecule has 0 bridgehead atoms. The summed E-state index contributed by atoms with van der Waals surface area (Å²) in [5.74, 6) is -0.450. The topological polar surface area (TPSA) is 26.3 Å². The lowest BCUT2D eigenvalue weighted by Gasteiger charge is -2.14. The van der Waals surface area contributed by atoms with E-state index in [4.69, 9.17) is 4.74 Å². The predicted molar refractivity (Wildman–Crippen MR) is 70.0 cm³/mol. The standard InChI is InChI=1S/C15H21FO2/c1-3-5-7-12(4-2)11-18-15(17)13-8-6-9-14(16)10-13/h6,8-10,12H,3-5,7,11H2,1-2H3. The summed E-state index contributed by atoms with van der Waals surface area (Å²) in [4.78, 5) is 11.7. The fourth-order valence-electron chi connectivity index (χ4n) is 1.79. The van der Waals surface area contributed by atoms with E-state index in [1.54, 1.807) is 6.07 Å². The van der Waals surface area contributed by atoms with E-state index in [1.807, 2.05) is 0 Å². The van der Waals surface area contributed by atoms with Gasteiger partial charge in [0.15, 0.2) is 0 Å². The second kappa shape index (κ2) is 7.85. The van der Waals surface area contributed by atoms with Crippen molar-refractivity contribution in [2.45, 2.75) is 39.5 Å². The van der Waals surface area contributed by atoms with Gasteiger partial charge in [-0.2, -0.15) is 0 Å². The van der Waals surface area contributed by atoms with Crippen molar-refractivity contribution >= 4 is 5.97 Å². The van der Waals surface area contributed by atoms with Gasteiger partial charge in [0.1, 0.15) is 5.82 Å². The molecule has 0 aliphatic rings. The van der Waals surface area contributed by atoms with Gasteiger partial charge in [-0.15, -0.1) is 0 Å². The highest BCUT2D eigenvalue weighted by molar-refractivity contribution is 5.89. The van der Waals surface area contributed by atoms with Crippen LogP contribution >= 0.6 is 0 Å². The second-order valence-corrected chi connectivity index (χ2v) is 4.53. The lowest BCUT2D eigenvalue weighted by atomic mass is 10.0. The highest BCUT2D eigenvalue weighted by Gasteiger charge is 2.12. The first-order chi connectivity index (χ1) is 8.67. The molecule has 0 fully saturated rings. The van der Waals surface area contributed by atoms with Crippen LogP contribution in [-0.4, -0.2) is 12.6 Å². The molecule has 1 aromatic carbocycles. The fraction of sp³-hybridized carbons (Fsp3) is 0.533. The van der Waals surface area contributed by atoms with Gasteiger partial charge in [0.25, 0.3) is 0 Å². The lowest BCUT2D eigenvalue weighted by Crippen LogP contribution is -2.14. The molecule has 1 unspecified atom stereocenters. The molecule has 0 amide bonds. The zero-order valence-corrected chi connectivity index (χ0v) is 11.1. The van der Waals surface area contributed by atoms with Crippen molar-refractivity contribution in [3.05, 3.63) is 35.6 Å². The minimum atomic E-state index is -0.440. The van der Waals surface area contributed by atoms with Gasteiger partial charge in [-0.3, -0.25) is 0 Å². The monoisotopic (exact) mass is 252 g/mol. The zero-order chi connectivity index (χ0) is 13.4. The molecule has 0 N–H and O–H groups in total. The summed E-state index contributed by atoms with van der Waals surface area (Å²) in [7, 11) is 0. The average molecular weight is 252 g/mol. The average Bonchev–Trinajstić information content (AvgIpc) is 2.38. The predicted octanol–water partition coefficient (Wildman–Crippen LogP) is 4.20. The van der Waals surface area contributed by atoms with E-state index < -0.39 is 11.8 Å². The van der Waals surface area contributed by atoms with Gasteiger partial charge in [0.05, 0.1) is 12.2 Å². The number of carbonyl (C=O) groups excluding carboxylic acids is 1. The maximum atomic E-state index is 13.0. The fourth-order valence-corrected chi connectivity index (χ4v) is 1.79. The van der Waals surface area contributed by atoms with E-state index in [1.165, 1.54) is 18.2 Å². The third kappa shape index (κ3) is 4.86. The summed E-state index contributed by atoms with van der Waals surface area (Å²) in [6.45, 7) is 4.66. The number of halogens is 1. The molecule has 100 valence electrons. The van der Waals surface area contributed by atoms with Crippen molar-refractivity contribution in [2.75, 3.05) is 6.61 Å². The van der Waals surface area contributed by atoms with Crippen molar-refractivity contribution in [2.24, 2.45) is 5.92 Å². The van der Waals surface area contributed by atoms with Crippen molar-refractivity contribution < 1.29 is 13.9 Å². The summed E-state index contributed by atoms with van der Waals surface area (Å²) >= 11 is 0. The molecular weight excluding hydrogens is 231 g/mol. The van der Waals surface area contributed by atoms with Gasteiger partial charge in [0, 0.05) is 0 Å². The van der Waals surface area contributed by atoms with E-state index in [-0.39, 0.29) is 5.56 Å². The molecule has 2 nitrogen and oxygen atoms in total. The Hall–Kier alpha value is -1.38. The summed E-state index contributed by atoms with van der Waals surface area (Å²) in [6.07, 6.45) is 4.37. The minimum Gasteiger partial charge on any atom is -0.462 e. The molecule has 18 heavy (non-hydrogen) atoms. The van der Waals surface area contributed by atoms with Gasteiger partial charge in [-0.05, 0) is 30.5 Å². The van der Waals surface area contributed by atoms with Crippen molar-refractivity contribution in [1.82, 2.24) is 0 Å². The van der Waals surface area contributed by atoms with Crippen LogP contribution in [0.2, 0.25) is 0 Å². The van der Waals surface area contributed by atoms with Gasteiger partial charge in [-0.1, -0.05) is 39.2 Å². The molecule has 0 aromatic heterocycles. The molecule has 0 heterocycles. The molecule has 0 saturated heterocycles. The van der Waals surface area contributed by atoms with E-state index in [9.17, 15) is 9.18 Å². The highest BCUT2D eigenvalue weighted by atomic mass is 19.1. The van der Waals surface area contributed by atoms with Crippen LogP contribution in [0.15, 0.2) is 24.3 Å². The molecule has 0 radical (unpaired) electrons. The van der Waals surface area contributed by atoms with E-state index in [0.29, 0.717) is 12.5 Å². The molecule has 0 aliphatic carbocycles. The molecule has 0 aliphatic heterocycles. The van der Waals surface area contributed by atoms with Crippen LogP contribution in [0.5, 0.6) is 0 Å².